The predicted molar refractivity (Wildman–Crippen MR) is 81.1 cm³/mol. The van der Waals surface area contributed by atoms with Crippen molar-refractivity contribution in [3.63, 3.8) is 0 Å². The van der Waals surface area contributed by atoms with Crippen LogP contribution in [0.2, 0.25) is 0 Å². The molecule has 0 unspecified atom stereocenters. The fourth-order valence-electron chi connectivity index (χ4n) is 1.85. The Bertz CT molecular complexity index is 612. The van der Waals surface area contributed by atoms with Crippen molar-refractivity contribution in [1.82, 2.24) is 9.80 Å². The third-order valence-corrected chi connectivity index (χ3v) is 5.46. The fraction of sp³-hybridized carbons (Fsp3) is 0.500. The van der Waals surface area contributed by atoms with Gasteiger partial charge in [0.1, 0.15) is 11.5 Å². The number of sulfone groups is 2. The molecule has 22 heavy (non-hydrogen) atoms. The summed E-state index contributed by atoms with van der Waals surface area (Å²) < 4.78 is 45.2. The van der Waals surface area contributed by atoms with Crippen LogP contribution in [-0.2, 0) is 29.3 Å². The van der Waals surface area contributed by atoms with E-state index < -0.39 is 43.0 Å². The molecule has 0 saturated carbocycles. The lowest BCUT2D eigenvalue weighted by molar-refractivity contribution is -0.136. The first-order chi connectivity index (χ1) is 10.1. The van der Waals surface area contributed by atoms with Crippen LogP contribution in [0.1, 0.15) is 0 Å². The Labute approximate surface area is 129 Å². The summed E-state index contributed by atoms with van der Waals surface area (Å²) in [5.41, 5.74) is 0. The van der Waals surface area contributed by atoms with Gasteiger partial charge in [-0.1, -0.05) is 13.2 Å². The number of piperazine rings is 1. The van der Waals surface area contributed by atoms with E-state index in [4.69, 9.17) is 0 Å². The number of nitrogens with zero attached hydrogens (tertiary/aromatic N) is 2. The van der Waals surface area contributed by atoms with Crippen molar-refractivity contribution in [2.45, 2.75) is 0 Å². The van der Waals surface area contributed by atoms with E-state index in [1.165, 1.54) is 9.80 Å². The second-order valence-corrected chi connectivity index (χ2v) is 8.60. The lowest BCUT2D eigenvalue weighted by Gasteiger charge is -2.34. The molecule has 10 heteroatoms. The maximum absolute atomic E-state index is 11.8. The Hall–Kier alpha value is -1.68. The van der Waals surface area contributed by atoms with Gasteiger partial charge in [-0.05, 0) is 0 Å². The third-order valence-electron chi connectivity index (χ3n) is 3.14. The third kappa shape index (κ3) is 5.26. The van der Waals surface area contributed by atoms with Crippen molar-refractivity contribution in [2.75, 3.05) is 37.7 Å². The molecule has 0 radical (unpaired) electrons. The van der Waals surface area contributed by atoms with Gasteiger partial charge >= 0.3 is 0 Å². The van der Waals surface area contributed by atoms with E-state index in [2.05, 4.69) is 13.2 Å². The number of carbonyl (C=O) groups is 2. The quantitative estimate of drug-likeness (QED) is 0.594. The molecule has 0 aromatic carbocycles. The smallest absolute Gasteiger partial charge is 0.238 e. The molecule has 124 valence electrons. The lowest BCUT2D eigenvalue weighted by Crippen LogP contribution is -2.52. The molecule has 0 bridgehead atoms. The molecule has 0 atom stereocenters. The van der Waals surface area contributed by atoms with Crippen LogP contribution in [0, 0.1) is 0 Å². The Morgan fingerprint density at radius 2 is 1.05 bits per heavy atom. The van der Waals surface area contributed by atoms with Crippen molar-refractivity contribution < 1.29 is 26.4 Å². The maximum Gasteiger partial charge on any atom is 0.238 e. The normalized spacial score (nSPS) is 16.2. The lowest BCUT2D eigenvalue weighted by atomic mass is 10.3. The van der Waals surface area contributed by atoms with E-state index in [9.17, 15) is 26.4 Å². The summed E-state index contributed by atoms with van der Waals surface area (Å²) in [5.74, 6) is -2.44. The molecule has 1 heterocycles. The largest absolute Gasteiger partial charge is 0.338 e. The molecule has 0 N–H and O–H groups in total. The molecular weight excluding hydrogens is 332 g/mol. The van der Waals surface area contributed by atoms with E-state index in [-0.39, 0.29) is 26.2 Å². The topological polar surface area (TPSA) is 109 Å². The van der Waals surface area contributed by atoms with Gasteiger partial charge < -0.3 is 9.80 Å². The van der Waals surface area contributed by atoms with Crippen LogP contribution in [0.5, 0.6) is 0 Å². The Morgan fingerprint density at radius 3 is 1.27 bits per heavy atom. The van der Waals surface area contributed by atoms with E-state index in [1.807, 2.05) is 0 Å². The second kappa shape index (κ2) is 7.05. The summed E-state index contributed by atoms with van der Waals surface area (Å²) in [7, 11) is -7.25. The molecular formula is C12H18N2O6S2. The molecule has 0 aromatic heterocycles. The molecule has 8 nitrogen and oxygen atoms in total. The van der Waals surface area contributed by atoms with Crippen molar-refractivity contribution in [2.24, 2.45) is 0 Å². The highest BCUT2D eigenvalue weighted by Gasteiger charge is 2.27. The van der Waals surface area contributed by atoms with Crippen molar-refractivity contribution in [3.05, 3.63) is 24.0 Å². The molecule has 1 fully saturated rings. The first-order valence-corrected chi connectivity index (χ1v) is 9.79. The summed E-state index contributed by atoms with van der Waals surface area (Å²) in [6.07, 6.45) is 0. The summed E-state index contributed by atoms with van der Waals surface area (Å²) >= 11 is 0. The van der Waals surface area contributed by atoms with Gasteiger partial charge in [-0.3, -0.25) is 9.59 Å². The Morgan fingerprint density at radius 1 is 0.773 bits per heavy atom. The van der Waals surface area contributed by atoms with Crippen LogP contribution in [-0.4, -0.2) is 76.1 Å². The molecule has 1 aliphatic heterocycles. The zero-order chi connectivity index (χ0) is 17.0. The second-order valence-electron chi connectivity index (χ2n) is 4.71. The van der Waals surface area contributed by atoms with Gasteiger partial charge in [0.25, 0.3) is 0 Å². The highest BCUT2D eigenvalue weighted by molar-refractivity contribution is 7.95. The maximum atomic E-state index is 11.8. The number of hydrogen-bond acceptors (Lipinski definition) is 6. The summed E-state index contributed by atoms with van der Waals surface area (Å²) in [6, 6.07) is 0. The van der Waals surface area contributed by atoms with Crippen molar-refractivity contribution in [1.29, 1.82) is 0 Å². The SMILES string of the molecule is C=CS(=O)(=O)CC(=O)N1CCN(C(=O)CS(=O)(=O)C=C)CC1. The van der Waals surface area contributed by atoms with Crippen LogP contribution >= 0.6 is 0 Å². The number of amides is 2. The average Bonchev–Trinajstić information content (AvgIpc) is 2.46. The molecule has 0 spiro atoms. The zero-order valence-corrected chi connectivity index (χ0v) is 13.6. The van der Waals surface area contributed by atoms with Gasteiger partial charge in [-0.25, -0.2) is 16.8 Å². The monoisotopic (exact) mass is 350 g/mol. The fourth-order valence-corrected chi connectivity index (χ4v) is 3.14. The average molecular weight is 350 g/mol. The minimum absolute atomic E-state index is 0.158. The Balaban J connectivity index is 2.56. The van der Waals surface area contributed by atoms with Crippen LogP contribution in [0.3, 0.4) is 0 Å². The first-order valence-electron chi connectivity index (χ1n) is 6.36. The standard InChI is InChI=1S/C12H18N2O6S2/c1-3-21(17,18)9-11(15)13-5-7-14(8-6-13)12(16)10-22(19,20)4-2/h3-4H,1-2,5-10H2. The molecule has 1 aliphatic rings. The van der Waals surface area contributed by atoms with Gasteiger partial charge in [0.15, 0.2) is 19.7 Å². The van der Waals surface area contributed by atoms with E-state index in [0.717, 1.165) is 10.8 Å². The highest BCUT2D eigenvalue weighted by atomic mass is 32.2. The minimum atomic E-state index is -3.62. The van der Waals surface area contributed by atoms with E-state index in [0.29, 0.717) is 0 Å². The number of hydrogen-bond donors (Lipinski definition) is 0. The van der Waals surface area contributed by atoms with Crippen molar-refractivity contribution >= 4 is 31.5 Å². The summed E-state index contributed by atoms with van der Waals surface area (Å²) in [6.45, 7) is 6.90. The van der Waals surface area contributed by atoms with Gasteiger partial charge in [-0.2, -0.15) is 0 Å². The molecule has 2 amide bonds. The van der Waals surface area contributed by atoms with Gasteiger partial charge in [0, 0.05) is 37.0 Å². The van der Waals surface area contributed by atoms with Gasteiger partial charge in [-0.15, -0.1) is 0 Å². The summed E-state index contributed by atoms with van der Waals surface area (Å²) in [5, 5.41) is 1.45. The van der Waals surface area contributed by atoms with Crippen LogP contribution in [0.25, 0.3) is 0 Å². The van der Waals surface area contributed by atoms with E-state index >= 15 is 0 Å². The van der Waals surface area contributed by atoms with Gasteiger partial charge in [0.2, 0.25) is 11.8 Å². The molecule has 0 aliphatic carbocycles. The molecule has 0 aromatic rings. The molecule has 1 rings (SSSR count). The van der Waals surface area contributed by atoms with Crippen molar-refractivity contribution in [3.8, 4) is 0 Å². The minimum Gasteiger partial charge on any atom is -0.338 e. The first kappa shape index (κ1) is 18.4. The van der Waals surface area contributed by atoms with E-state index in [1.54, 1.807) is 0 Å². The van der Waals surface area contributed by atoms with Crippen LogP contribution in [0.4, 0.5) is 0 Å². The Kier molecular flexibility index (Phi) is 5.89. The van der Waals surface area contributed by atoms with Crippen LogP contribution in [0.15, 0.2) is 24.0 Å². The zero-order valence-electron chi connectivity index (χ0n) is 12.0. The highest BCUT2D eigenvalue weighted by Crippen LogP contribution is 2.06. The number of rotatable bonds is 6. The molecule has 1 saturated heterocycles. The number of carbonyl (C=O) groups excluding carboxylic acids is 2. The predicted octanol–water partition coefficient (Wildman–Crippen LogP) is -1.23. The van der Waals surface area contributed by atoms with Crippen LogP contribution < -0.4 is 0 Å². The van der Waals surface area contributed by atoms with Gasteiger partial charge in [0.05, 0.1) is 0 Å². The summed E-state index contributed by atoms with van der Waals surface area (Å²) in [4.78, 5) is 26.3.